The molecule has 40 valence electrons. The second-order valence-electron chi connectivity index (χ2n) is 1.80. The molecule has 2 atom stereocenters. The summed E-state index contributed by atoms with van der Waals surface area (Å²) in [6.07, 6.45) is 2.89. The zero-order valence-corrected chi connectivity index (χ0v) is 3.97. The maximum Gasteiger partial charge on any atom is 0.120 e. The number of alkyl halides is 1. The van der Waals surface area contributed by atoms with Crippen molar-refractivity contribution in [3.8, 4) is 0 Å². The summed E-state index contributed by atoms with van der Waals surface area (Å²) >= 11 is 0. The second kappa shape index (κ2) is 1.62. The number of halogens is 1. The van der Waals surface area contributed by atoms with Gasteiger partial charge in [-0.3, -0.25) is 0 Å². The zero-order chi connectivity index (χ0) is 5.28. The summed E-state index contributed by atoms with van der Waals surface area (Å²) in [6, 6.07) is -0.0324. The summed E-state index contributed by atoms with van der Waals surface area (Å²) < 4.78 is 12.0. The van der Waals surface area contributed by atoms with Crippen LogP contribution in [0.2, 0.25) is 0 Å². The molecule has 0 radical (unpaired) electrons. The van der Waals surface area contributed by atoms with Gasteiger partial charge < -0.3 is 5.73 Å². The lowest BCUT2D eigenvalue weighted by Gasteiger charge is -1.95. The molecule has 0 aliphatic heterocycles. The Hall–Kier alpha value is -0.370. The van der Waals surface area contributed by atoms with Crippen molar-refractivity contribution < 1.29 is 4.39 Å². The van der Waals surface area contributed by atoms with Gasteiger partial charge in [0.25, 0.3) is 0 Å². The van der Waals surface area contributed by atoms with Crippen LogP contribution in [0, 0.1) is 0 Å². The van der Waals surface area contributed by atoms with Gasteiger partial charge in [-0.15, -0.1) is 0 Å². The standard InChI is InChI=1S/C5H8FN/c6-4-1-2-5(7)3-4/h1-2,4-5H,3,7H2. The molecule has 2 N–H and O–H groups in total. The molecule has 0 fully saturated rings. The maximum absolute atomic E-state index is 12.0. The molecule has 1 aliphatic rings. The van der Waals surface area contributed by atoms with E-state index in [-0.39, 0.29) is 6.04 Å². The van der Waals surface area contributed by atoms with Crippen LogP contribution in [0.15, 0.2) is 12.2 Å². The van der Waals surface area contributed by atoms with Gasteiger partial charge >= 0.3 is 0 Å². The van der Waals surface area contributed by atoms with Crippen LogP contribution in [0.4, 0.5) is 4.39 Å². The Morgan fingerprint density at radius 2 is 2.29 bits per heavy atom. The Bertz CT molecular complexity index is 80.1. The van der Waals surface area contributed by atoms with Gasteiger partial charge in [-0.05, 0) is 0 Å². The number of nitrogens with two attached hydrogens (primary N) is 1. The quantitative estimate of drug-likeness (QED) is 0.444. The van der Waals surface area contributed by atoms with Crippen LogP contribution in [-0.4, -0.2) is 12.2 Å². The zero-order valence-electron chi connectivity index (χ0n) is 3.97. The maximum atomic E-state index is 12.0. The molecule has 1 nitrogen and oxygen atoms in total. The first-order chi connectivity index (χ1) is 3.29. The molecule has 0 aromatic carbocycles. The predicted octanol–water partition coefficient (Wildman–Crippen LogP) is 0.612. The molecule has 0 amide bonds. The van der Waals surface area contributed by atoms with Crippen molar-refractivity contribution in [2.75, 3.05) is 0 Å². The molecule has 0 aromatic rings. The molecule has 0 saturated carbocycles. The van der Waals surface area contributed by atoms with Crippen LogP contribution in [0.3, 0.4) is 0 Å². The highest BCUT2D eigenvalue weighted by Gasteiger charge is 2.12. The largest absolute Gasteiger partial charge is 0.324 e. The third-order valence-electron chi connectivity index (χ3n) is 1.06. The van der Waals surface area contributed by atoms with Gasteiger partial charge in [0.15, 0.2) is 0 Å². The average Bonchev–Trinajstić information content (AvgIpc) is 1.87. The third-order valence-corrected chi connectivity index (χ3v) is 1.06. The third kappa shape index (κ3) is 0.996. The van der Waals surface area contributed by atoms with Gasteiger partial charge in [0.1, 0.15) is 6.17 Å². The first kappa shape index (κ1) is 4.78. The molecular weight excluding hydrogens is 93.1 g/mol. The lowest BCUT2D eigenvalue weighted by Crippen LogP contribution is -2.14. The van der Waals surface area contributed by atoms with Crippen LogP contribution in [-0.2, 0) is 0 Å². The van der Waals surface area contributed by atoms with E-state index < -0.39 is 6.17 Å². The van der Waals surface area contributed by atoms with Gasteiger partial charge in [-0.2, -0.15) is 0 Å². The lowest BCUT2D eigenvalue weighted by molar-refractivity contribution is 0.385. The average molecular weight is 101 g/mol. The van der Waals surface area contributed by atoms with Gasteiger partial charge in [0.2, 0.25) is 0 Å². The number of hydrogen-bond acceptors (Lipinski definition) is 1. The summed E-state index contributed by atoms with van der Waals surface area (Å²) in [4.78, 5) is 0. The van der Waals surface area contributed by atoms with E-state index in [0.29, 0.717) is 6.42 Å². The number of allylic oxidation sites excluding steroid dienone is 1. The first-order valence-electron chi connectivity index (χ1n) is 2.37. The molecule has 0 spiro atoms. The minimum atomic E-state index is -0.782. The lowest BCUT2D eigenvalue weighted by atomic mass is 10.3. The minimum absolute atomic E-state index is 0.0324. The van der Waals surface area contributed by atoms with Crippen molar-refractivity contribution in [3.63, 3.8) is 0 Å². The van der Waals surface area contributed by atoms with Crippen LogP contribution in [0.5, 0.6) is 0 Å². The van der Waals surface area contributed by atoms with E-state index >= 15 is 0 Å². The molecule has 0 saturated heterocycles. The molecular formula is C5H8FN. The Balaban J connectivity index is 2.42. The van der Waals surface area contributed by atoms with Crippen molar-refractivity contribution >= 4 is 0 Å². The summed E-state index contributed by atoms with van der Waals surface area (Å²) in [5.41, 5.74) is 5.30. The van der Waals surface area contributed by atoms with E-state index in [0.717, 1.165) is 0 Å². The molecule has 0 aromatic heterocycles. The highest BCUT2D eigenvalue weighted by Crippen LogP contribution is 2.10. The van der Waals surface area contributed by atoms with Crippen molar-refractivity contribution in [2.24, 2.45) is 5.73 Å². The smallest absolute Gasteiger partial charge is 0.120 e. The van der Waals surface area contributed by atoms with Gasteiger partial charge in [-0.1, -0.05) is 12.2 Å². The van der Waals surface area contributed by atoms with Crippen LogP contribution in [0.1, 0.15) is 6.42 Å². The molecule has 2 heteroatoms. The Kier molecular flexibility index (Phi) is 1.11. The minimum Gasteiger partial charge on any atom is -0.324 e. The van der Waals surface area contributed by atoms with E-state index in [1.54, 1.807) is 6.08 Å². The summed E-state index contributed by atoms with van der Waals surface area (Å²) in [5.74, 6) is 0. The number of hydrogen-bond donors (Lipinski definition) is 1. The van der Waals surface area contributed by atoms with E-state index in [2.05, 4.69) is 0 Å². The molecule has 1 aliphatic carbocycles. The number of rotatable bonds is 0. The topological polar surface area (TPSA) is 26.0 Å². The Morgan fingerprint density at radius 1 is 1.57 bits per heavy atom. The molecule has 1 rings (SSSR count). The summed E-state index contributed by atoms with van der Waals surface area (Å²) in [5, 5.41) is 0. The van der Waals surface area contributed by atoms with Crippen molar-refractivity contribution in [2.45, 2.75) is 18.6 Å². The molecule has 2 unspecified atom stereocenters. The van der Waals surface area contributed by atoms with Crippen LogP contribution >= 0.6 is 0 Å². The summed E-state index contributed by atoms with van der Waals surface area (Å²) in [7, 11) is 0. The monoisotopic (exact) mass is 101 g/mol. The van der Waals surface area contributed by atoms with Gasteiger partial charge in [-0.25, -0.2) is 4.39 Å². The molecule has 0 bridgehead atoms. The van der Waals surface area contributed by atoms with E-state index in [9.17, 15) is 4.39 Å². The second-order valence-corrected chi connectivity index (χ2v) is 1.80. The SMILES string of the molecule is NC1C=CC(F)C1. The first-order valence-corrected chi connectivity index (χ1v) is 2.37. The van der Waals surface area contributed by atoms with Crippen LogP contribution in [0.25, 0.3) is 0 Å². The van der Waals surface area contributed by atoms with Crippen molar-refractivity contribution in [3.05, 3.63) is 12.2 Å². The molecule has 0 heterocycles. The van der Waals surface area contributed by atoms with Crippen molar-refractivity contribution in [1.82, 2.24) is 0 Å². The van der Waals surface area contributed by atoms with Crippen molar-refractivity contribution in [1.29, 1.82) is 0 Å². The van der Waals surface area contributed by atoms with Gasteiger partial charge in [0.05, 0.1) is 0 Å². The predicted molar refractivity (Wildman–Crippen MR) is 26.6 cm³/mol. The Labute approximate surface area is 42.0 Å². The molecule has 7 heavy (non-hydrogen) atoms. The normalized spacial score (nSPS) is 39.7. The van der Waals surface area contributed by atoms with Crippen LogP contribution < -0.4 is 5.73 Å². The van der Waals surface area contributed by atoms with E-state index in [1.165, 1.54) is 6.08 Å². The highest BCUT2D eigenvalue weighted by molar-refractivity contribution is 5.05. The fourth-order valence-corrected chi connectivity index (χ4v) is 0.680. The Morgan fingerprint density at radius 3 is 2.43 bits per heavy atom. The van der Waals surface area contributed by atoms with E-state index in [1.807, 2.05) is 0 Å². The summed E-state index contributed by atoms with van der Waals surface area (Å²) in [6.45, 7) is 0. The fourth-order valence-electron chi connectivity index (χ4n) is 0.680. The van der Waals surface area contributed by atoms with E-state index in [4.69, 9.17) is 5.73 Å². The van der Waals surface area contributed by atoms with Gasteiger partial charge in [0, 0.05) is 12.5 Å². The highest BCUT2D eigenvalue weighted by atomic mass is 19.1. The fraction of sp³-hybridized carbons (Fsp3) is 0.600.